The van der Waals surface area contributed by atoms with Gasteiger partial charge in [-0.2, -0.15) is 0 Å². The van der Waals surface area contributed by atoms with Crippen molar-refractivity contribution in [3.8, 4) is 0 Å². The average molecular weight is 352 g/mol. The Balaban J connectivity index is 1.57. The summed E-state index contributed by atoms with van der Waals surface area (Å²) in [7, 11) is 0. The Morgan fingerprint density at radius 3 is 3.00 bits per heavy atom. The van der Waals surface area contributed by atoms with Gasteiger partial charge in [0.25, 0.3) is 5.91 Å². The summed E-state index contributed by atoms with van der Waals surface area (Å²) < 4.78 is 0. The van der Waals surface area contributed by atoms with Crippen molar-refractivity contribution < 1.29 is 9.59 Å². The molecule has 2 amide bonds. The third-order valence-electron chi connectivity index (χ3n) is 4.10. The molecule has 126 valence electrons. The van der Waals surface area contributed by atoms with Crippen LogP contribution in [-0.2, 0) is 16.0 Å². The second-order valence-corrected chi connectivity index (χ2v) is 6.77. The van der Waals surface area contributed by atoms with Gasteiger partial charge >= 0.3 is 0 Å². The Hall–Kier alpha value is -2.80. The lowest BCUT2D eigenvalue weighted by Gasteiger charge is -2.18. The van der Waals surface area contributed by atoms with Crippen molar-refractivity contribution in [2.45, 2.75) is 12.8 Å². The average Bonchev–Trinajstić information content (AvgIpc) is 3.12. The molecule has 2 aliphatic heterocycles. The molecule has 25 heavy (non-hydrogen) atoms. The molecule has 0 atom stereocenters. The minimum Gasteiger partial charge on any atom is -0.370 e. The van der Waals surface area contributed by atoms with Crippen molar-refractivity contribution in [1.82, 2.24) is 10.3 Å². The molecule has 6 nitrogen and oxygen atoms in total. The maximum Gasteiger partial charge on any atom is 0.272 e. The molecule has 1 aromatic heterocycles. The molecule has 0 fully saturated rings. The zero-order chi connectivity index (χ0) is 17.2. The molecule has 1 aromatic carbocycles. The number of anilines is 2. The van der Waals surface area contributed by atoms with Gasteiger partial charge in [-0.05, 0) is 36.2 Å². The number of hydrogen-bond acceptors (Lipinski definition) is 5. The number of aryl methyl sites for hydroxylation is 1. The van der Waals surface area contributed by atoms with Crippen LogP contribution in [0.25, 0.3) is 4.91 Å². The van der Waals surface area contributed by atoms with E-state index in [-0.39, 0.29) is 11.8 Å². The molecule has 2 aliphatic rings. The fourth-order valence-electron chi connectivity index (χ4n) is 2.90. The predicted molar refractivity (Wildman–Crippen MR) is 98.8 cm³/mol. The lowest BCUT2D eigenvalue weighted by atomic mass is 10.0. The van der Waals surface area contributed by atoms with Gasteiger partial charge in [-0.1, -0.05) is 6.07 Å². The summed E-state index contributed by atoms with van der Waals surface area (Å²) in [4.78, 5) is 29.1. The molecule has 0 radical (unpaired) electrons. The van der Waals surface area contributed by atoms with Crippen LogP contribution in [0.15, 0.2) is 48.4 Å². The number of rotatable bonds is 3. The van der Waals surface area contributed by atoms with Gasteiger partial charge in [0.1, 0.15) is 5.70 Å². The van der Waals surface area contributed by atoms with Crippen LogP contribution >= 0.6 is 11.8 Å². The highest BCUT2D eigenvalue weighted by molar-refractivity contribution is 8.08. The summed E-state index contributed by atoms with van der Waals surface area (Å²) in [5, 5.41) is 8.92. The number of nitrogens with one attached hydrogen (secondary N) is 3. The molecule has 4 rings (SSSR count). The maximum absolute atomic E-state index is 12.7. The minimum absolute atomic E-state index is 0.0303. The van der Waals surface area contributed by atoms with E-state index >= 15 is 0 Å². The zero-order valence-electron chi connectivity index (χ0n) is 13.3. The normalized spacial score (nSPS) is 16.1. The Morgan fingerprint density at radius 2 is 2.16 bits per heavy atom. The number of fused-ring (bicyclic) bond motifs is 1. The highest BCUT2D eigenvalue weighted by atomic mass is 32.2. The van der Waals surface area contributed by atoms with Gasteiger partial charge in [0.05, 0.1) is 5.88 Å². The number of hydrogen-bond donors (Lipinski definition) is 3. The van der Waals surface area contributed by atoms with Crippen LogP contribution in [0.2, 0.25) is 0 Å². The number of carbonyl (C=O) groups excluding carboxylic acids is 2. The van der Waals surface area contributed by atoms with Gasteiger partial charge in [-0.3, -0.25) is 14.6 Å². The van der Waals surface area contributed by atoms with E-state index in [4.69, 9.17) is 0 Å². The molecule has 3 N–H and O–H groups in total. The van der Waals surface area contributed by atoms with E-state index < -0.39 is 0 Å². The van der Waals surface area contributed by atoms with Crippen molar-refractivity contribution in [2.75, 3.05) is 16.5 Å². The van der Waals surface area contributed by atoms with Crippen molar-refractivity contribution in [3.05, 3.63) is 59.5 Å². The molecule has 7 heteroatoms. The number of thioether (sulfide) groups is 1. The third-order valence-corrected chi connectivity index (χ3v) is 5.12. The highest BCUT2D eigenvalue weighted by Gasteiger charge is 2.23. The first-order valence-corrected chi connectivity index (χ1v) is 8.95. The van der Waals surface area contributed by atoms with Crippen LogP contribution in [-0.4, -0.2) is 22.7 Å². The van der Waals surface area contributed by atoms with Crippen LogP contribution < -0.4 is 16.0 Å². The summed E-state index contributed by atoms with van der Waals surface area (Å²) in [6, 6.07) is 9.34. The van der Waals surface area contributed by atoms with Gasteiger partial charge in [0.2, 0.25) is 5.91 Å². The SMILES string of the molecule is O=C1CCc2cc(NC(=O)C3=C(c4cccnc4)SCN3)ccc2N1. The van der Waals surface area contributed by atoms with Gasteiger partial charge < -0.3 is 16.0 Å². The van der Waals surface area contributed by atoms with Crippen molar-refractivity contribution in [3.63, 3.8) is 0 Å². The highest BCUT2D eigenvalue weighted by Crippen LogP contribution is 2.34. The summed E-state index contributed by atoms with van der Waals surface area (Å²) in [5.41, 5.74) is 4.06. The summed E-state index contributed by atoms with van der Waals surface area (Å²) in [5.74, 6) is 0.509. The van der Waals surface area contributed by atoms with Crippen LogP contribution in [0.1, 0.15) is 17.5 Å². The van der Waals surface area contributed by atoms with E-state index in [1.54, 1.807) is 30.2 Å². The molecule has 3 heterocycles. The first kappa shape index (κ1) is 15.7. The topological polar surface area (TPSA) is 83.1 Å². The summed E-state index contributed by atoms with van der Waals surface area (Å²) in [6.45, 7) is 0. The molecule has 0 saturated carbocycles. The Labute approximate surface area is 149 Å². The van der Waals surface area contributed by atoms with Gasteiger partial charge in [0.15, 0.2) is 0 Å². The second-order valence-electron chi connectivity index (χ2n) is 5.79. The van der Waals surface area contributed by atoms with E-state index in [0.29, 0.717) is 24.4 Å². The Kier molecular flexibility index (Phi) is 4.15. The number of aromatic nitrogens is 1. The second kappa shape index (κ2) is 6.60. The van der Waals surface area contributed by atoms with Crippen molar-refractivity contribution >= 4 is 39.9 Å². The molecule has 0 spiro atoms. The number of pyridine rings is 1. The molecule has 0 unspecified atom stereocenters. The minimum atomic E-state index is -0.177. The molecule has 0 bridgehead atoms. The monoisotopic (exact) mass is 352 g/mol. The van der Waals surface area contributed by atoms with E-state index in [9.17, 15) is 9.59 Å². The van der Waals surface area contributed by atoms with Crippen LogP contribution in [0.5, 0.6) is 0 Å². The van der Waals surface area contributed by atoms with E-state index in [2.05, 4.69) is 20.9 Å². The fourth-order valence-corrected chi connectivity index (χ4v) is 3.85. The Morgan fingerprint density at radius 1 is 1.24 bits per heavy atom. The largest absolute Gasteiger partial charge is 0.370 e. The number of carbonyl (C=O) groups is 2. The number of nitrogens with zero attached hydrogens (tertiary/aromatic N) is 1. The zero-order valence-corrected chi connectivity index (χ0v) is 14.2. The first-order chi connectivity index (χ1) is 12.2. The quantitative estimate of drug-likeness (QED) is 0.791. The standard InChI is InChI=1S/C18H16N4O2S/c23-15-6-3-11-8-13(4-5-14(11)22-15)21-18(24)16-17(25-10-20-16)12-2-1-7-19-9-12/h1-2,4-5,7-9,20H,3,6,10H2,(H,21,24)(H,22,23). The van der Waals surface area contributed by atoms with Gasteiger partial charge in [-0.15, -0.1) is 11.8 Å². The Bertz CT molecular complexity index is 880. The summed E-state index contributed by atoms with van der Waals surface area (Å²) in [6.07, 6.45) is 4.62. The smallest absolute Gasteiger partial charge is 0.272 e. The molecule has 0 aliphatic carbocycles. The van der Waals surface area contributed by atoms with E-state index in [1.165, 1.54) is 0 Å². The first-order valence-electron chi connectivity index (χ1n) is 7.96. The van der Waals surface area contributed by atoms with Gasteiger partial charge in [-0.25, -0.2) is 0 Å². The van der Waals surface area contributed by atoms with E-state index in [0.717, 1.165) is 27.4 Å². The molecule has 2 aromatic rings. The van der Waals surface area contributed by atoms with Crippen LogP contribution in [0.3, 0.4) is 0 Å². The summed E-state index contributed by atoms with van der Waals surface area (Å²) >= 11 is 1.59. The van der Waals surface area contributed by atoms with Crippen LogP contribution in [0, 0.1) is 0 Å². The predicted octanol–water partition coefficient (Wildman–Crippen LogP) is 2.57. The fraction of sp³-hybridized carbons (Fsp3) is 0.167. The van der Waals surface area contributed by atoms with Crippen LogP contribution in [0.4, 0.5) is 11.4 Å². The molecule has 0 saturated heterocycles. The maximum atomic E-state index is 12.7. The third kappa shape index (κ3) is 3.23. The van der Waals surface area contributed by atoms with Crippen molar-refractivity contribution in [1.29, 1.82) is 0 Å². The molecular weight excluding hydrogens is 336 g/mol. The molecular formula is C18H16N4O2S. The van der Waals surface area contributed by atoms with Crippen molar-refractivity contribution in [2.24, 2.45) is 0 Å². The van der Waals surface area contributed by atoms with Gasteiger partial charge in [0, 0.05) is 40.7 Å². The number of amides is 2. The number of benzene rings is 1. The van der Waals surface area contributed by atoms with E-state index in [1.807, 2.05) is 24.3 Å². The lowest BCUT2D eigenvalue weighted by Crippen LogP contribution is -2.23. The lowest BCUT2D eigenvalue weighted by molar-refractivity contribution is -0.116.